The highest BCUT2D eigenvalue weighted by Gasteiger charge is 2.09. The first kappa shape index (κ1) is 13.4. The number of hydrogen-bond acceptors (Lipinski definition) is 4. The summed E-state index contributed by atoms with van der Waals surface area (Å²) in [6.45, 7) is 4.92. The topological polar surface area (TPSA) is 52.6 Å². The SMILES string of the molecule is CC(=O)Oc1ccc([Si]OC(=O)C(C)C)cc1. The van der Waals surface area contributed by atoms with E-state index in [1.165, 1.54) is 6.92 Å². The Morgan fingerprint density at radius 3 is 2.24 bits per heavy atom. The van der Waals surface area contributed by atoms with Gasteiger partial charge in [0, 0.05) is 12.8 Å². The van der Waals surface area contributed by atoms with E-state index in [-0.39, 0.29) is 27.6 Å². The first-order valence-electron chi connectivity index (χ1n) is 5.24. The molecule has 0 heterocycles. The van der Waals surface area contributed by atoms with E-state index in [0.29, 0.717) is 5.75 Å². The summed E-state index contributed by atoms with van der Waals surface area (Å²) in [4.78, 5) is 21.9. The molecule has 90 valence electrons. The van der Waals surface area contributed by atoms with Gasteiger partial charge in [-0.3, -0.25) is 9.59 Å². The van der Waals surface area contributed by atoms with Crippen molar-refractivity contribution in [2.45, 2.75) is 20.8 Å². The lowest BCUT2D eigenvalue weighted by Crippen LogP contribution is -2.23. The lowest BCUT2D eigenvalue weighted by atomic mass is 10.2. The van der Waals surface area contributed by atoms with Gasteiger partial charge in [-0.15, -0.1) is 0 Å². The molecule has 0 aliphatic rings. The maximum atomic E-state index is 11.2. The number of carbonyl (C=O) groups is 2. The molecule has 0 aromatic heterocycles. The van der Waals surface area contributed by atoms with Crippen LogP contribution in [0.3, 0.4) is 0 Å². The van der Waals surface area contributed by atoms with Crippen LogP contribution in [0.1, 0.15) is 20.8 Å². The molecular weight excluding hydrogens is 236 g/mol. The minimum atomic E-state index is -0.355. The summed E-state index contributed by atoms with van der Waals surface area (Å²) in [6, 6.07) is 6.88. The van der Waals surface area contributed by atoms with Crippen molar-refractivity contribution in [1.82, 2.24) is 0 Å². The van der Waals surface area contributed by atoms with E-state index < -0.39 is 0 Å². The van der Waals surface area contributed by atoms with E-state index in [1.807, 2.05) is 0 Å². The average molecular weight is 250 g/mol. The molecule has 0 saturated carbocycles. The van der Waals surface area contributed by atoms with Gasteiger partial charge in [-0.1, -0.05) is 26.0 Å². The van der Waals surface area contributed by atoms with Crippen molar-refractivity contribution in [2.24, 2.45) is 5.92 Å². The Bertz CT molecular complexity index is 397. The number of esters is 1. The zero-order valence-corrected chi connectivity index (χ0v) is 11.0. The molecule has 0 aliphatic carbocycles. The smallest absolute Gasteiger partial charge is 0.355 e. The molecule has 0 fully saturated rings. The highest BCUT2D eigenvalue weighted by molar-refractivity contribution is 6.48. The van der Waals surface area contributed by atoms with Crippen LogP contribution >= 0.6 is 0 Å². The molecule has 0 bridgehead atoms. The lowest BCUT2D eigenvalue weighted by molar-refractivity contribution is -0.137. The van der Waals surface area contributed by atoms with Crippen LogP contribution in [0, 0.1) is 5.92 Å². The van der Waals surface area contributed by atoms with Crippen molar-refractivity contribution < 1.29 is 18.8 Å². The maximum absolute atomic E-state index is 11.2. The third-order valence-corrected chi connectivity index (χ3v) is 2.73. The molecule has 0 aliphatic heterocycles. The predicted molar refractivity (Wildman–Crippen MR) is 64.1 cm³/mol. The standard InChI is InChI=1S/C12H14O4Si/c1-8(2)12(14)16-17-11-6-4-10(5-7-11)15-9(3)13/h4-8H,1-3H3. The molecule has 2 radical (unpaired) electrons. The van der Waals surface area contributed by atoms with E-state index in [1.54, 1.807) is 38.1 Å². The highest BCUT2D eigenvalue weighted by atomic mass is 28.2. The van der Waals surface area contributed by atoms with E-state index in [2.05, 4.69) is 0 Å². The first-order chi connectivity index (χ1) is 7.99. The Kier molecular flexibility index (Phi) is 4.90. The molecule has 1 rings (SSSR count). The van der Waals surface area contributed by atoms with Gasteiger partial charge in [-0.05, 0) is 17.3 Å². The number of carbonyl (C=O) groups excluding carboxylic acids is 2. The third-order valence-electron chi connectivity index (χ3n) is 1.86. The van der Waals surface area contributed by atoms with Crippen LogP contribution in [-0.4, -0.2) is 21.7 Å². The summed E-state index contributed by atoms with van der Waals surface area (Å²) >= 11 is 0. The number of rotatable bonds is 4. The van der Waals surface area contributed by atoms with Crippen molar-refractivity contribution in [2.75, 3.05) is 0 Å². The number of hydrogen-bond donors (Lipinski definition) is 0. The molecule has 5 heteroatoms. The van der Waals surface area contributed by atoms with Crippen molar-refractivity contribution in [3.8, 4) is 5.75 Å². The minimum Gasteiger partial charge on any atom is -0.511 e. The van der Waals surface area contributed by atoms with Gasteiger partial charge in [0.15, 0.2) is 0 Å². The molecule has 0 N–H and O–H groups in total. The van der Waals surface area contributed by atoms with Gasteiger partial charge in [0.05, 0.1) is 0 Å². The number of benzene rings is 1. The van der Waals surface area contributed by atoms with Crippen molar-refractivity contribution in [1.29, 1.82) is 0 Å². The van der Waals surface area contributed by atoms with Crippen molar-refractivity contribution in [3.05, 3.63) is 24.3 Å². The molecule has 0 saturated heterocycles. The lowest BCUT2D eigenvalue weighted by Gasteiger charge is -2.06. The van der Waals surface area contributed by atoms with Crippen LogP contribution in [0.15, 0.2) is 24.3 Å². The Morgan fingerprint density at radius 1 is 1.18 bits per heavy atom. The van der Waals surface area contributed by atoms with E-state index in [9.17, 15) is 9.59 Å². The van der Waals surface area contributed by atoms with Gasteiger partial charge in [-0.25, -0.2) is 0 Å². The molecule has 1 aromatic rings. The zero-order chi connectivity index (χ0) is 12.8. The van der Waals surface area contributed by atoms with Crippen molar-refractivity contribution in [3.63, 3.8) is 0 Å². The molecule has 0 amide bonds. The summed E-state index contributed by atoms with van der Waals surface area (Å²) in [6.07, 6.45) is 0. The van der Waals surface area contributed by atoms with Gasteiger partial charge in [-0.2, -0.15) is 0 Å². The largest absolute Gasteiger partial charge is 0.511 e. The van der Waals surface area contributed by atoms with Gasteiger partial charge in [0.25, 0.3) is 5.97 Å². The van der Waals surface area contributed by atoms with E-state index in [0.717, 1.165) is 5.19 Å². The second-order valence-corrected chi connectivity index (χ2v) is 4.78. The van der Waals surface area contributed by atoms with Gasteiger partial charge < -0.3 is 9.16 Å². The molecule has 0 spiro atoms. The fraction of sp³-hybridized carbons (Fsp3) is 0.333. The van der Waals surface area contributed by atoms with Gasteiger partial charge >= 0.3 is 15.7 Å². The van der Waals surface area contributed by atoms with Crippen LogP contribution in [-0.2, 0) is 14.0 Å². The molecule has 17 heavy (non-hydrogen) atoms. The highest BCUT2D eigenvalue weighted by Crippen LogP contribution is 2.07. The summed E-state index contributed by atoms with van der Waals surface area (Å²) in [5.41, 5.74) is 0. The Morgan fingerprint density at radius 2 is 1.76 bits per heavy atom. The summed E-state index contributed by atoms with van der Waals surface area (Å²) in [5, 5.41) is 0.884. The van der Waals surface area contributed by atoms with E-state index in [4.69, 9.17) is 9.16 Å². The fourth-order valence-corrected chi connectivity index (χ4v) is 1.74. The average Bonchev–Trinajstić information content (AvgIpc) is 2.26. The first-order valence-corrected chi connectivity index (χ1v) is 6.15. The molecule has 0 unspecified atom stereocenters. The van der Waals surface area contributed by atoms with Gasteiger partial charge in [0.1, 0.15) is 5.75 Å². The Balaban J connectivity index is 2.51. The fourth-order valence-electron chi connectivity index (χ4n) is 0.984. The number of ether oxygens (including phenoxy) is 1. The second kappa shape index (κ2) is 6.20. The molecule has 1 aromatic carbocycles. The van der Waals surface area contributed by atoms with Crippen LogP contribution < -0.4 is 9.92 Å². The second-order valence-electron chi connectivity index (χ2n) is 3.80. The summed E-state index contributed by atoms with van der Waals surface area (Å²) in [7, 11) is -0.0201. The minimum absolute atomic E-state index is 0.0201. The summed E-state index contributed by atoms with van der Waals surface area (Å²) in [5.74, 6) is -0.206. The zero-order valence-electron chi connectivity index (χ0n) is 10.0. The normalized spacial score (nSPS) is 10.1. The predicted octanol–water partition coefficient (Wildman–Crippen LogP) is 1.06. The Labute approximate surface area is 103 Å². The Hall–Kier alpha value is -1.62. The maximum Gasteiger partial charge on any atom is 0.355 e. The molecule has 4 nitrogen and oxygen atoms in total. The molecule has 0 atom stereocenters. The van der Waals surface area contributed by atoms with Gasteiger partial charge in [0.2, 0.25) is 0 Å². The van der Waals surface area contributed by atoms with Crippen LogP contribution in [0.5, 0.6) is 5.75 Å². The van der Waals surface area contributed by atoms with Crippen molar-refractivity contribution >= 4 is 26.9 Å². The van der Waals surface area contributed by atoms with Crippen LogP contribution in [0.25, 0.3) is 0 Å². The van der Waals surface area contributed by atoms with E-state index >= 15 is 0 Å². The van der Waals surface area contributed by atoms with Crippen LogP contribution in [0.2, 0.25) is 0 Å². The molecular formula is C12H14O4Si. The van der Waals surface area contributed by atoms with Crippen LogP contribution in [0.4, 0.5) is 0 Å². The quantitative estimate of drug-likeness (QED) is 0.455. The summed E-state index contributed by atoms with van der Waals surface area (Å²) < 4.78 is 9.98. The monoisotopic (exact) mass is 250 g/mol. The third kappa shape index (κ3) is 4.82.